The van der Waals surface area contributed by atoms with Crippen LogP contribution in [0.2, 0.25) is 0 Å². The summed E-state index contributed by atoms with van der Waals surface area (Å²) in [4.78, 5) is 25.2. The van der Waals surface area contributed by atoms with Gasteiger partial charge in [-0.05, 0) is 44.7 Å². The SMILES string of the molecule is Cc1cc(CNC(=O)NC2(C(=O)O)CCC2)sc1C. The number of hydrogen-bond acceptors (Lipinski definition) is 3. The average molecular weight is 282 g/mol. The Hall–Kier alpha value is -1.56. The van der Waals surface area contributed by atoms with Crippen LogP contribution in [0.1, 0.15) is 34.6 Å². The molecule has 0 spiro atoms. The van der Waals surface area contributed by atoms with Crippen molar-refractivity contribution in [2.75, 3.05) is 0 Å². The topological polar surface area (TPSA) is 78.4 Å². The second-order valence-corrected chi connectivity index (χ2v) is 6.34. The van der Waals surface area contributed by atoms with Gasteiger partial charge in [-0.3, -0.25) is 0 Å². The number of carbonyl (C=O) groups excluding carboxylic acids is 1. The minimum atomic E-state index is -1.05. The van der Waals surface area contributed by atoms with Crippen molar-refractivity contribution in [1.29, 1.82) is 0 Å². The molecule has 1 aromatic rings. The molecule has 0 aliphatic heterocycles. The maximum atomic E-state index is 11.7. The molecule has 104 valence electrons. The van der Waals surface area contributed by atoms with Crippen LogP contribution in [0.5, 0.6) is 0 Å². The molecule has 0 bridgehead atoms. The Kier molecular flexibility index (Phi) is 3.80. The Bertz CT molecular complexity index is 486. The van der Waals surface area contributed by atoms with Crippen LogP contribution in [0.4, 0.5) is 4.79 Å². The summed E-state index contributed by atoms with van der Waals surface area (Å²) in [5.74, 6) is -0.947. The summed E-state index contributed by atoms with van der Waals surface area (Å²) in [5, 5.41) is 14.4. The molecule has 5 nitrogen and oxygen atoms in total. The minimum absolute atomic E-state index is 0.411. The highest BCUT2D eigenvalue weighted by Gasteiger charge is 2.45. The van der Waals surface area contributed by atoms with E-state index in [0.29, 0.717) is 19.4 Å². The first-order chi connectivity index (χ1) is 8.93. The van der Waals surface area contributed by atoms with Crippen molar-refractivity contribution >= 4 is 23.3 Å². The standard InChI is InChI=1S/C13H18N2O3S/c1-8-6-10(19-9(8)2)7-14-12(18)15-13(11(16)17)4-3-5-13/h6H,3-5,7H2,1-2H3,(H,16,17)(H2,14,15,18). The van der Waals surface area contributed by atoms with Gasteiger partial charge in [-0.25, -0.2) is 9.59 Å². The lowest BCUT2D eigenvalue weighted by atomic mass is 9.77. The van der Waals surface area contributed by atoms with Gasteiger partial charge in [0, 0.05) is 9.75 Å². The van der Waals surface area contributed by atoms with Gasteiger partial charge in [0.25, 0.3) is 0 Å². The molecule has 2 rings (SSSR count). The fraction of sp³-hybridized carbons (Fsp3) is 0.538. The Labute approximate surface area is 116 Å². The predicted molar refractivity (Wildman–Crippen MR) is 73.4 cm³/mol. The third kappa shape index (κ3) is 2.89. The number of nitrogens with one attached hydrogen (secondary N) is 2. The summed E-state index contributed by atoms with van der Waals surface area (Å²) < 4.78 is 0. The van der Waals surface area contributed by atoms with Gasteiger partial charge in [0.15, 0.2) is 0 Å². The van der Waals surface area contributed by atoms with Crippen molar-refractivity contribution in [3.63, 3.8) is 0 Å². The first kappa shape index (κ1) is 13.9. The normalized spacial score (nSPS) is 16.5. The van der Waals surface area contributed by atoms with Gasteiger partial charge in [0.1, 0.15) is 5.54 Å². The first-order valence-electron chi connectivity index (χ1n) is 6.28. The number of carboxylic acids is 1. The lowest BCUT2D eigenvalue weighted by Crippen LogP contribution is -2.61. The Morgan fingerprint density at radius 3 is 2.53 bits per heavy atom. The van der Waals surface area contributed by atoms with Crippen LogP contribution in [0.3, 0.4) is 0 Å². The Balaban J connectivity index is 1.86. The van der Waals surface area contributed by atoms with Gasteiger partial charge in [-0.15, -0.1) is 11.3 Å². The Morgan fingerprint density at radius 2 is 2.11 bits per heavy atom. The molecule has 1 fully saturated rings. The van der Waals surface area contributed by atoms with Gasteiger partial charge in [0.2, 0.25) is 0 Å². The van der Waals surface area contributed by atoms with E-state index < -0.39 is 17.5 Å². The second kappa shape index (κ2) is 5.21. The molecule has 19 heavy (non-hydrogen) atoms. The molecule has 1 heterocycles. The predicted octanol–water partition coefficient (Wildman–Crippen LogP) is 2.17. The number of aliphatic carboxylic acids is 1. The minimum Gasteiger partial charge on any atom is -0.480 e. The van der Waals surface area contributed by atoms with Crippen LogP contribution in [-0.2, 0) is 11.3 Å². The van der Waals surface area contributed by atoms with Gasteiger partial charge in [-0.1, -0.05) is 0 Å². The van der Waals surface area contributed by atoms with Crippen molar-refractivity contribution in [3.05, 3.63) is 21.4 Å². The number of amides is 2. The van der Waals surface area contributed by atoms with Gasteiger partial charge in [0.05, 0.1) is 6.54 Å². The highest BCUT2D eigenvalue weighted by molar-refractivity contribution is 7.12. The molecule has 0 radical (unpaired) electrons. The van der Waals surface area contributed by atoms with Crippen molar-refractivity contribution in [1.82, 2.24) is 10.6 Å². The Morgan fingerprint density at radius 1 is 1.42 bits per heavy atom. The number of urea groups is 1. The molecule has 6 heteroatoms. The molecular weight excluding hydrogens is 264 g/mol. The van der Waals surface area contributed by atoms with E-state index in [1.54, 1.807) is 11.3 Å². The van der Waals surface area contributed by atoms with E-state index in [1.165, 1.54) is 10.4 Å². The molecule has 0 unspecified atom stereocenters. The summed E-state index contributed by atoms with van der Waals surface area (Å²) in [7, 11) is 0. The zero-order valence-electron chi connectivity index (χ0n) is 11.1. The van der Waals surface area contributed by atoms with Crippen molar-refractivity contribution in [3.8, 4) is 0 Å². The fourth-order valence-corrected chi connectivity index (χ4v) is 3.08. The first-order valence-corrected chi connectivity index (χ1v) is 7.10. The summed E-state index contributed by atoms with van der Waals surface area (Å²) in [6, 6.07) is 1.63. The third-order valence-corrected chi connectivity index (χ3v) is 4.76. The molecule has 1 aromatic heterocycles. The number of rotatable bonds is 4. The monoisotopic (exact) mass is 282 g/mol. The molecular formula is C13H18N2O3S. The second-order valence-electron chi connectivity index (χ2n) is 5.00. The van der Waals surface area contributed by atoms with Crippen molar-refractivity contribution in [2.24, 2.45) is 0 Å². The highest BCUT2D eigenvalue weighted by atomic mass is 32.1. The van der Waals surface area contributed by atoms with E-state index in [1.807, 2.05) is 19.9 Å². The van der Waals surface area contributed by atoms with Crippen LogP contribution in [0.15, 0.2) is 6.07 Å². The van der Waals surface area contributed by atoms with Crippen LogP contribution in [-0.4, -0.2) is 22.6 Å². The zero-order chi connectivity index (χ0) is 14.0. The smallest absolute Gasteiger partial charge is 0.329 e. The lowest BCUT2D eigenvalue weighted by Gasteiger charge is -2.38. The number of carboxylic acid groups (broad SMARTS) is 1. The van der Waals surface area contributed by atoms with E-state index in [4.69, 9.17) is 5.11 Å². The summed E-state index contributed by atoms with van der Waals surface area (Å²) in [6.45, 7) is 4.50. The summed E-state index contributed by atoms with van der Waals surface area (Å²) in [5.41, 5.74) is 0.161. The van der Waals surface area contributed by atoms with Crippen LogP contribution >= 0.6 is 11.3 Å². The maximum absolute atomic E-state index is 11.7. The highest BCUT2D eigenvalue weighted by Crippen LogP contribution is 2.31. The fourth-order valence-electron chi connectivity index (χ4n) is 2.09. The molecule has 0 aromatic carbocycles. The molecule has 1 saturated carbocycles. The molecule has 1 aliphatic carbocycles. The van der Waals surface area contributed by atoms with Crippen molar-refractivity contribution in [2.45, 2.75) is 45.2 Å². The number of thiophene rings is 1. The van der Waals surface area contributed by atoms with Gasteiger partial charge in [-0.2, -0.15) is 0 Å². The average Bonchev–Trinajstić information content (AvgIpc) is 2.60. The number of aryl methyl sites for hydroxylation is 2. The van der Waals surface area contributed by atoms with Gasteiger partial charge >= 0.3 is 12.0 Å². The van der Waals surface area contributed by atoms with Crippen LogP contribution in [0, 0.1) is 13.8 Å². The maximum Gasteiger partial charge on any atom is 0.329 e. The van der Waals surface area contributed by atoms with Gasteiger partial charge < -0.3 is 15.7 Å². The summed E-state index contributed by atoms with van der Waals surface area (Å²) in [6.07, 6.45) is 1.86. The molecule has 0 atom stereocenters. The third-order valence-electron chi connectivity index (χ3n) is 3.61. The molecule has 1 aliphatic rings. The van der Waals surface area contributed by atoms with Crippen LogP contribution < -0.4 is 10.6 Å². The van der Waals surface area contributed by atoms with E-state index in [9.17, 15) is 9.59 Å². The summed E-state index contributed by atoms with van der Waals surface area (Å²) >= 11 is 1.64. The van der Waals surface area contributed by atoms with Crippen molar-refractivity contribution < 1.29 is 14.7 Å². The number of carbonyl (C=O) groups is 2. The lowest BCUT2D eigenvalue weighted by molar-refractivity contribution is -0.148. The largest absolute Gasteiger partial charge is 0.480 e. The quantitative estimate of drug-likeness (QED) is 0.792. The zero-order valence-corrected chi connectivity index (χ0v) is 11.9. The molecule has 3 N–H and O–H groups in total. The van der Waals surface area contributed by atoms with E-state index in [0.717, 1.165) is 11.3 Å². The van der Waals surface area contributed by atoms with E-state index in [-0.39, 0.29) is 0 Å². The molecule has 2 amide bonds. The molecule has 0 saturated heterocycles. The van der Waals surface area contributed by atoms with Crippen LogP contribution in [0.25, 0.3) is 0 Å². The van der Waals surface area contributed by atoms with E-state index >= 15 is 0 Å². The number of hydrogen-bond donors (Lipinski definition) is 3. The van der Waals surface area contributed by atoms with E-state index in [2.05, 4.69) is 10.6 Å².